The Kier molecular flexibility index (Phi) is 3.51. The van der Waals surface area contributed by atoms with Gasteiger partial charge in [0, 0.05) is 19.0 Å². The monoisotopic (exact) mass is 231 g/mol. The smallest absolute Gasteiger partial charge is 0.226 e. The number of benzene rings is 1. The van der Waals surface area contributed by atoms with Gasteiger partial charge < -0.3 is 4.90 Å². The van der Waals surface area contributed by atoms with Crippen LogP contribution >= 0.6 is 0 Å². The van der Waals surface area contributed by atoms with Crippen molar-refractivity contribution in [3.8, 4) is 0 Å². The largest absolute Gasteiger partial charge is 0.343 e. The van der Waals surface area contributed by atoms with Gasteiger partial charge in [0.05, 0.1) is 0 Å². The number of nitrogens with zero attached hydrogens (tertiary/aromatic N) is 1. The molecule has 2 nitrogen and oxygen atoms in total. The normalized spacial score (nSPS) is 22.3. The summed E-state index contributed by atoms with van der Waals surface area (Å²) in [5.41, 5.74) is 2.71. The fraction of sp³-hybridized carbons (Fsp3) is 0.533. The summed E-state index contributed by atoms with van der Waals surface area (Å²) in [6.07, 6.45) is 0.909. The number of fused-ring (bicyclic) bond motifs is 1. The molecule has 0 unspecified atom stereocenters. The zero-order valence-electron chi connectivity index (χ0n) is 10.9. The van der Waals surface area contributed by atoms with E-state index in [9.17, 15) is 4.79 Å². The van der Waals surface area contributed by atoms with E-state index in [-0.39, 0.29) is 5.92 Å². The minimum atomic E-state index is 0.146. The Morgan fingerprint density at radius 2 is 1.94 bits per heavy atom. The molecule has 0 spiro atoms. The lowest BCUT2D eigenvalue weighted by Crippen LogP contribution is -2.37. The van der Waals surface area contributed by atoms with E-state index in [2.05, 4.69) is 31.2 Å². The predicted molar refractivity (Wildman–Crippen MR) is 70.0 cm³/mol. The lowest BCUT2D eigenvalue weighted by atomic mass is 9.93. The van der Waals surface area contributed by atoms with Gasteiger partial charge in [-0.25, -0.2) is 0 Å². The highest BCUT2D eigenvalue weighted by Crippen LogP contribution is 2.38. The summed E-state index contributed by atoms with van der Waals surface area (Å²) in [7, 11) is 0. The van der Waals surface area contributed by atoms with E-state index in [1.807, 2.05) is 18.7 Å². The molecule has 0 saturated carbocycles. The van der Waals surface area contributed by atoms with Gasteiger partial charge in [-0.15, -0.1) is 0 Å². The Labute approximate surface area is 104 Å². The molecule has 0 heterocycles. The van der Waals surface area contributed by atoms with Crippen molar-refractivity contribution in [1.29, 1.82) is 0 Å². The molecule has 1 amide bonds. The van der Waals surface area contributed by atoms with Crippen LogP contribution in [-0.4, -0.2) is 23.9 Å². The van der Waals surface area contributed by atoms with Crippen LogP contribution in [0.3, 0.4) is 0 Å². The lowest BCUT2D eigenvalue weighted by molar-refractivity contribution is -0.135. The number of hydrogen-bond donors (Lipinski definition) is 0. The molecule has 0 aliphatic heterocycles. The average Bonchev–Trinajstić information content (AvgIpc) is 2.69. The van der Waals surface area contributed by atoms with Gasteiger partial charge in [-0.05, 0) is 37.3 Å². The van der Waals surface area contributed by atoms with Gasteiger partial charge in [0.25, 0.3) is 0 Å². The SMILES string of the molecule is CCN(CC)C(=O)[C@H]1Cc2ccccc2[C@@H]1C. The second-order valence-electron chi connectivity index (χ2n) is 4.81. The molecule has 1 aliphatic carbocycles. The summed E-state index contributed by atoms with van der Waals surface area (Å²) in [6, 6.07) is 8.45. The second kappa shape index (κ2) is 4.91. The number of carbonyl (C=O) groups excluding carboxylic acids is 1. The third-order valence-electron chi connectivity index (χ3n) is 3.98. The van der Waals surface area contributed by atoms with E-state index >= 15 is 0 Å². The van der Waals surface area contributed by atoms with Crippen LogP contribution in [0.25, 0.3) is 0 Å². The molecule has 2 heteroatoms. The van der Waals surface area contributed by atoms with Crippen molar-refractivity contribution in [1.82, 2.24) is 4.90 Å². The Balaban J connectivity index is 2.19. The van der Waals surface area contributed by atoms with Crippen molar-refractivity contribution in [2.24, 2.45) is 5.92 Å². The topological polar surface area (TPSA) is 20.3 Å². The van der Waals surface area contributed by atoms with Crippen LogP contribution in [0.2, 0.25) is 0 Å². The zero-order valence-corrected chi connectivity index (χ0v) is 10.9. The first-order chi connectivity index (χ1) is 8.19. The molecule has 92 valence electrons. The number of hydrogen-bond acceptors (Lipinski definition) is 1. The van der Waals surface area contributed by atoms with Gasteiger partial charge in [-0.1, -0.05) is 31.2 Å². The van der Waals surface area contributed by atoms with E-state index in [4.69, 9.17) is 0 Å². The lowest BCUT2D eigenvalue weighted by Gasteiger charge is -2.25. The molecule has 1 aliphatic rings. The van der Waals surface area contributed by atoms with Crippen LogP contribution in [0.5, 0.6) is 0 Å². The van der Waals surface area contributed by atoms with Crippen molar-refractivity contribution in [3.63, 3.8) is 0 Å². The number of carbonyl (C=O) groups is 1. The Morgan fingerprint density at radius 3 is 2.53 bits per heavy atom. The highest BCUT2D eigenvalue weighted by molar-refractivity contribution is 5.81. The summed E-state index contributed by atoms with van der Waals surface area (Å²) >= 11 is 0. The van der Waals surface area contributed by atoms with Crippen molar-refractivity contribution in [2.45, 2.75) is 33.1 Å². The molecular weight excluding hydrogens is 210 g/mol. The summed E-state index contributed by atoms with van der Waals surface area (Å²) in [4.78, 5) is 14.4. The van der Waals surface area contributed by atoms with Gasteiger partial charge in [0.2, 0.25) is 5.91 Å². The molecule has 0 radical (unpaired) electrons. The molecule has 0 bridgehead atoms. The fourth-order valence-electron chi connectivity index (χ4n) is 2.87. The first-order valence-electron chi connectivity index (χ1n) is 6.55. The molecule has 2 atom stereocenters. The third kappa shape index (κ3) is 2.08. The Hall–Kier alpha value is -1.31. The van der Waals surface area contributed by atoms with E-state index in [1.165, 1.54) is 11.1 Å². The number of rotatable bonds is 3. The molecule has 2 rings (SSSR count). The minimum Gasteiger partial charge on any atom is -0.343 e. The van der Waals surface area contributed by atoms with E-state index in [1.54, 1.807) is 0 Å². The Bertz CT molecular complexity index is 409. The molecule has 0 aromatic heterocycles. The van der Waals surface area contributed by atoms with Crippen molar-refractivity contribution in [2.75, 3.05) is 13.1 Å². The summed E-state index contributed by atoms with van der Waals surface area (Å²) < 4.78 is 0. The first kappa shape index (κ1) is 12.2. The van der Waals surface area contributed by atoms with Crippen LogP contribution in [0.1, 0.15) is 37.8 Å². The fourth-order valence-corrected chi connectivity index (χ4v) is 2.87. The molecular formula is C15H21NO. The average molecular weight is 231 g/mol. The van der Waals surface area contributed by atoms with Gasteiger partial charge in [0.15, 0.2) is 0 Å². The summed E-state index contributed by atoms with van der Waals surface area (Å²) in [6.45, 7) is 7.91. The molecule has 1 aromatic carbocycles. The highest BCUT2D eigenvalue weighted by Gasteiger charge is 2.35. The first-order valence-corrected chi connectivity index (χ1v) is 6.55. The predicted octanol–water partition coefficient (Wildman–Crippen LogP) is 2.83. The van der Waals surface area contributed by atoms with E-state index < -0.39 is 0 Å². The molecule has 0 fully saturated rings. The maximum atomic E-state index is 12.4. The standard InChI is InChI=1S/C15H21NO/c1-4-16(5-2)15(17)14-10-12-8-6-7-9-13(12)11(14)3/h6-9,11,14H,4-5,10H2,1-3H3/t11-,14-/m0/s1. The summed E-state index contributed by atoms with van der Waals surface area (Å²) in [5.74, 6) is 0.824. The molecule has 0 saturated heterocycles. The van der Waals surface area contributed by atoms with Gasteiger partial charge in [-0.2, -0.15) is 0 Å². The van der Waals surface area contributed by atoms with Crippen LogP contribution in [0.15, 0.2) is 24.3 Å². The maximum absolute atomic E-state index is 12.4. The van der Waals surface area contributed by atoms with Gasteiger partial charge in [0.1, 0.15) is 0 Å². The third-order valence-corrected chi connectivity index (χ3v) is 3.98. The van der Waals surface area contributed by atoms with Crippen molar-refractivity contribution in [3.05, 3.63) is 35.4 Å². The van der Waals surface area contributed by atoms with E-state index in [0.717, 1.165) is 19.5 Å². The van der Waals surface area contributed by atoms with Crippen LogP contribution in [0, 0.1) is 5.92 Å². The van der Waals surface area contributed by atoms with Gasteiger partial charge in [-0.3, -0.25) is 4.79 Å². The van der Waals surface area contributed by atoms with Crippen molar-refractivity contribution < 1.29 is 4.79 Å². The van der Waals surface area contributed by atoms with Crippen LogP contribution < -0.4 is 0 Å². The Morgan fingerprint density at radius 1 is 1.29 bits per heavy atom. The molecule has 0 N–H and O–H groups in total. The van der Waals surface area contributed by atoms with E-state index in [0.29, 0.717) is 11.8 Å². The quantitative estimate of drug-likeness (QED) is 0.783. The second-order valence-corrected chi connectivity index (χ2v) is 4.81. The zero-order chi connectivity index (χ0) is 12.4. The minimum absolute atomic E-state index is 0.146. The molecule has 17 heavy (non-hydrogen) atoms. The highest BCUT2D eigenvalue weighted by atomic mass is 16.2. The van der Waals surface area contributed by atoms with Gasteiger partial charge >= 0.3 is 0 Å². The van der Waals surface area contributed by atoms with Crippen LogP contribution in [-0.2, 0) is 11.2 Å². The maximum Gasteiger partial charge on any atom is 0.226 e. The number of amides is 1. The summed E-state index contributed by atoms with van der Waals surface area (Å²) in [5, 5.41) is 0. The molecule has 1 aromatic rings. The van der Waals surface area contributed by atoms with Crippen LogP contribution in [0.4, 0.5) is 0 Å². The van der Waals surface area contributed by atoms with Crippen molar-refractivity contribution >= 4 is 5.91 Å².